The molecule has 50 valence electrons. The van der Waals surface area contributed by atoms with Crippen molar-refractivity contribution in [3.8, 4) is 0 Å². The van der Waals surface area contributed by atoms with Gasteiger partial charge in [-0.1, -0.05) is 29.9 Å². The summed E-state index contributed by atoms with van der Waals surface area (Å²) in [4.78, 5) is 0. The minimum atomic E-state index is 0. The van der Waals surface area contributed by atoms with Gasteiger partial charge in [-0.3, -0.25) is 0 Å². The molecule has 0 heterocycles. The van der Waals surface area contributed by atoms with Gasteiger partial charge in [0.05, 0.1) is 0 Å². The van der Waals surface area contributed by atoms with Gasteiger partial charge in [0.25, 0.3) is 0 Å². The Morgan fingerprint density at radius 3 is 2.90 bits per heavy atom. The molecule has 0 unspecified atom stereocenters. The number of hydrogen-bond acceptors (Lipinski definition) is 0. The summed E-state index contributed by atoms with van der Waals surface area (Å²) < 4.78 is 0. The van der Waals surface area contributed by atoms with Crippen LogP contribution in [0.5, 0.6) is 0 Å². The van der Waals surface area contributed by atoms with E-state index in [9.17, 15) is 0 Å². The van der Waals surface area contributed by atoms with Crippen LogP contribution in [-0.4, -0.2) is 18.9 Å². The maximum absolute atomic E-state index is 3.67. The predicted octanol–water partition coefficient (Wildman–Crippen LogP) is 2.19. The van der Waals surface area contributed by atoms with Crippen LogP contribution in [0.2, 0.25) is 0 Å². The van der Waals surface area contributed by atoms with E-state index >= 15 is 0 Å². The van der Waals surface area contributed by atoms with Gasteiger partial charge in [0.15, 0.2) is 0 Å². The molecule has 0 aromatic heterocycles. The van der Waals surface area contributed by atoms with Gasteiger partial charge in [-0.25, -0.2) is 0 Å². The van der Waals surface area contributed by atoms with E-state index < -0.39 is 0 Å². The molecule has 1 rings (SSSR count). The molecule has 0 fully saturated rings. The van der Waals surface area contributed by atoms with Crippen molar-refractivity contribution in [2.24, 2.45) is 0 Å². The van der Waals surface area contributed by atoms with Gasteiger partial charge < -0.3 is 0 Å². The molecule has 0 saturated carbocycles. The van der Waals surface area contributed by atoms with Crippen LogP contribution in [-0.2, 0) is 0 Å². The molecule has 0 N–H and O–H groups in total. The number of rotatable bonds is 3. The summed E-state index contributed by atoms with van der Waals surface area (Å²) in [5, 5.41) is 0. The summed E-state index contributed by atoms with van der Waals surface area (Å²) in [6.45, 7) is 3.67. The van der Waals surface area contributed by atoms with Crippen molar-refractivity contribution in [1.82, 2.24) is 0 Å². The first kappa shape index (κ1) is 9.82. The van der Waals surface area contributed by atoms with Crippen molar-refractivity contribution in [2.75, 3.05) is 0 Å². The van der Waals surface area contributed by atoms with Crippen LogP contribution in [0.25, 0.3) is 0 Å². The van der Waals surface area contributed by atoms with Crippen molar-refractivity contribution in [3.05, 3.63) is 36.5 Å². The normalized spacial score (nSPS) is 14.2. The molecule has 0 saturated heterocycles. The zero-order valence-electron chi connectivity index (χ0n) is 5.64. The minimum absolute atomic E-state index is 0. The Kier molecular flexibility index (Phi) is 5.49. The van der Waals surface area contributed by atoms with Crippen LogP contribution in [0, 0.1) is 0 Å². The fourth-order valence-electron chi connectivity index (χ4n) is 0.964. The van der Waals surface area contributed by atoms with Crippen LogP contribution in [0.15, 0.2) is 36.5 Å². The standard InChI is InChI=1S/C9H12.Li.H/c1-2-3-6-9-7-4-5-8-9;;/h2,4-5,7H,1,3,6,8H2;;. The van der Waals surface area contributed by atoms with Crippen LogP contribution in [0.4, 0.5) is 0 Å². The Bertz CT molecular complexity index is 154. The molecule has 0 nitrogen and oxygen atoms in total. The van der Waals surface area contributed by atoms with E-state index in [-0.39, 0.29) is 18.9 Å². The maximum atomic E-state index is 3.67. The molecule has 0 atom stereocenters. The van der Waals surface area contributed by atoms with E-state index in [1.165, 1.54) is 12.0 Å². The Balaban J connectivity index is 0.000000810. The fourth-order valence-corrected chi connectivity index (χ4v) is 0.964. The first-order valence-electron chi connectivity index (χ1n) is 3.39. The Labute approximate surface area is 74.9 Å². The van der Waals surface area contributed by atoms with Crippen molar-refractivity contribution in [2.45, 2.75) is 19.3 Å². The summed E-state index contributed by atoms with van der Waals surface area (Å²) in [6.07, 6.45) is 12.0. The van der Waals surface area contributed by atoms with Crippen molar-refractivity contribution in [1.29, 1.82) is 0 Å². The molecule has 0 bridgehead atoms. The molecular formula is C9H13Li. The summed E-state index contributed by atoms with van der Waals surface area (Å²) in [5.41, 5.74) is 1.54. The SMILES string of the molecule is C=CCCC1=CC=CC1.[LiH]. The van der Waals surface area contributed by atoms with Gasteiger partial charge in [0.1, 0.15) is 0 Å². The molecule has 0 radical (unpaired) electrons. The monoisotopic (exact) mass is 128 g/mol. The first-order valence-corrected chi connectivity index (χ1v) is 3.39. The van der Waals surface area contributed by atoms with Crippen molar-refractivity contribution >= 4 is 18.9 Å². The van der Waals surface area contributed by atoms with Crippen LogP contribution in [0.1, 0.15) is 19.3 Å². The van der Waals surface area contributed by atoms with Crippen molar-refractivity contribution in [3.63, 3.8) is 0 Å². The van der Waals surface area contributed by atoms with Gasteiger partial charge in [-0.05, 0) is 19.3 Å². The van der Waals surface area contributed by atoms with Gasteiger partial charge in [-0.15, -0.1) is 6.58 Å². The zero-order chi connectivity index (χ0) is 6.53. The van der Waals surface area contributed by atoms with Crippen LogP contribution >= 0.6 is 0 Å². The second kappa shape index (κ2) is 5.59. The molecule has 1 heteroatoms. The molecule has 0 aromatic rings. The van der Waals surface area contributed by atoms with Gasteiger partial charge >= 0.3 is 18.9 Å². The van der Waals surface area contributed by atoms with Gasteiger partial charge in [-0.2, -0.15) is 0 Å². The number of hydrogen-bond donors (Lipinski definition) is 0. The molecule has 0 aromatic carbocycles. The third-order valence-corrected chi connectivity index (χ3v) is 1.52. The van der Waals surface area contributed by atoms with Gasteiger partial charge in [0.2, 0.25) is 0 Å². The average Bonchev–Trinajstić information content (AvgIpc) is 2.34. The van der Waals surface area contributed by atoms with E-state index in [0.717, 1.165) is 12.8 Å². The molecule has 0 amide bonds. The molecule has 0 aliphatic heterocycles. The average molecular weight is 128 g/mol. The fraction of sp³-hybridized carbons (Fsp3) is 0.333. The Hall–Kier alpha value is -0.183. The summed E-state index contributed by atoms with van der Waals surface area (Å²) in [7, 11) is 0. The summed E-state index contributed by atoms with van der Waals surface area (Å²) >= 11 is 0. The van der Waals surface area contributed by atoms with E-state index in [4.69, 9.17) is 0 Å². The summed E-state index contributed by atoms with van der Waals surface area (Å²) in [5.74, 6) is 0. The molecule has 0 spiro atoms. The first-order chi connectivity index (χ1) is 4.43. The van der Waals surface area contributed by atoms with Crippen LogP contribution in [0.3, 0.4) is 0 Å². The quantitative estimate of drug-likeness (QED) is 0.403. The van der Waals surface area contributed by atoms with E-state index in [2.05, 4.69) is 24.8 Å². The van der Waals surface area contributed by atoms with Crippen LogP contribution < -0.4 is 0 Å². The summed E-state index contributed by atoms with van der Waals surface area (Å²) in [6, 6.07) is 0. The van der Waals surface area contributed by atoms with Crippen molar-refractivity contribution < 1.29 is 0 Å². The Morgan fingerprint density at radius 2 is 2.40 bits per heavy atom. The van der Waals surface area contributed by atoms with E-state index in [0.29, 0.717) is 0 Å². The van der Waals surface area contributed by atoms with E-state index in [1.807, 2.05) is 6.08 Å². The zero-order valence-corrected chi connectivity index (χ0v) is 5.64. The van der Waals surface area contributed by atoms with E-state index in [1.54, 1.807) is 0 Å². The topological polar surface area (TPSA) is 0 Å². The second-order valence-electron chi connectivity index (χ2n) is 2.28. The van der Waals surface area contributed by atoms with Gasteiger partial charge in [0, 0.05) is 0 Å². The number of allylic oxidation sites excluding steroid dienone is 5. The second-order valence-corrected chi connectivity index (χ2v) is 2.28. The predicted molar refractivity (Wildman–Crippen MR) is 48.4 cm³/mol. The molecule has 1 aliphatic rings. The molecular weight excluding hydrogens is 115 g/mol. The Morgan fingerprint density at radius 1 is 1.60 bits per heavy atom. The molecule has 10 heavy (non-hydrogen) atoms. The third kappa shape index (κ3) is 3.10. The third-order valence-electron chi connectivity index (χ3n) is 1.52. The molecule has 1 aliphatic carbocycles.